The van der Waals surface area contributed by atoms with Crippen molar-refractivity contribution in [1.82, 2.24) is 14.7 Å². The van der Waals surface area contributed by atoms with E-state index in [-0.39, 0.29) is 23.9 Å². The number of piperazine rings is 1. The fourth-order valence-corrected chi connectivity index (χ4v) is 6.07. The average Bonchev–Trinajstić information content (AvgIpc) is 3.82. The molecule has 3 aliphatic rings. The van der Waals surface area contributed by atoms with Crippen LogP contribution in [0.15, 0.2) is 78.9 Å². The van der Waals surface area contributed by atoms with E-state index in [1.54, 1.807) is 7.11 Å². The van der Waals surface area contributed by atoms with Crippen molar-refractivity contribution in [2.45, 2.75) is 37.3 Å². The highest BCUT2D eigenvalue weighted by Crippen LogP contribution is 2.48. The second-order valence-corrected chi connectivity index (χ2v) is 10.6. The molecule has 6 nitrogen and oxygen atoms in total. The first-order valence-corrected chi connectivity index (χ1v) is 13.7. The highest BCUT2D eigenvalue weighted by Gasteiger charge is 2.50. The number of hydrogen-bond acceptors (Lipinski definition) is 4. The van der Waals surface area contributed by atoms with Crippen LogP contribution in [0, 0.1) is 0 Å². The van der Waals surface area contributed by atoms with Crippen LogP contribution in [0.25, 0.3) is 0 Å². The van der Waals surface area contributed by atoms with Crippen molar-refractivity contribution in [2.24, 2.45) is 0 Å². The molecule has 196 valence electrons. The van der Waals surface area contributed by atoms with Gasteiger partial charge in [0.25, 0.3) is 5.91 Å². The third-order valence-corrected chi connectivity index (χ3v) is 8.26. The van der Waals surface area contributed by atoms with Crippen LogP contribution >= 0.6 is 0 Å². The summed E-state index contributed by atoms with van der Waals surface area (Å²) in [6.45, 7) is 4.13. The smallest absolute Gasteiger partial charge is 0.254 e. The molecule has 2 atom stereocenters. The molecule has 2 fully saturated rings. The zero-order chi connectivity index (χ0) is 26.1. The van der Waals surface area contributed by atoms with Crippen LogP contribution in [0.5, 0.6) is 5.75 Å². The number of rotatable bonds is 7. The van der Waals surface area contributed by atoms with Crippen LogP contribution < -0.4 is 4.74 Å². The second kappa shape index (κ2) is 10.6. The molecule has 1 saturated heterocycles. The van der Waals surface area contributed by atoms with Crippen molar-refractivity contribution in [1.29, 1.82) is 0 Å². The van der Waals surface area contributed by atoms with Gasteiger partial charge in [0.05, 0.1) is 19.1 Å². The van der Waals surface area contributed by atoms with E-state index in [1.165, 1.54) is 5.56 Å². The van der Waals surface area contributed by atoms with E-state index < -0.39 is 5.92 Å². The monoisotopic (exact) mass is 509 g/mol. The largest absolute Gasteiger partial charge is 0.497 e. The molecular formula is C32H35N3O3. The lowest BCUT2D eigenvalue weighted by atomic mass is 9.78. The molecule has 3 aromatic carbocycles. The van der Waals surface area contributed by atoms with E-state index in [9.17, 15) is 9.59 Å². The Bertz CT molecular complexity index is 1300. The SMILES string of the molecule is COc1cccc(C2C(C(=O)N3CCN(CCc4ccccc4)CC3)c3ccccc3C(=O)N2C2CC2)c1. The van der Waals surface area contributed by atoms with Crippen molar-refractivity contribution in [3.63, 3.8) is 0 Å². The molecule has 2 unspecified atom stereocenters. The number of hydrogen-bond donors (Lipinski definition) is 0. The number of carbonyl (C=O) groups excluding carboxylic acids is 2. The average molecular weight is 510 g/mol. The number of fused-ring (bicyclic) bond motifs is 1. The standard InChI is InChI=1S/C32H35N3O3/c1-38-26-11-7-10-24(22-26)30-29(27-12-5-6-13-28(27)31(36)35(30)25-14-15-25)32(37)34-20-18-33(19-21-34)17-16-23-8-3-2-4-9-23/h2-13,22,25,29-30H,14-21H2,1H3. The first-order valence-electron chi connectivity index (χ1n) is 13.7. The molecule has 3 aromatic rings. The van der Waals surface area contributed by atoms with E-state index in [1.807, 2.05) is 64.4 Å². The molecule has 6 heteroatoms. The van der Waals surface area contributed by atoms with Gasteiger partial charge in [0.2, 0.25) is 5.91 Å². The van der Waals surface area contributed by atoms with Gasteiger partial charge in [0.15, 0.2) is 0 Å². The van der Waals surface area contributed by atoms with E-state index in [2.05, 4.69) is 29.2 Å². The zero-order valence-electron chi connectivity index (χ0n) is 22.0. The van der Waals surface area contributed by atoms with Gasteiger partial charge in [-0.3, -0.25) is 14.5 Å². The van der Waals surface area contributed by atoms with Gasteiger partial charge in [0.1, 0.15) is 5.75 Å². The van der Waals surface area contributed by atoms with Crippen molar-refractivity contribution in [3.8, 4) is 5.75 Å². The van der Waals surface area contributed by atoms with Crippen LogP contribution in [-0.4, -0.2) is 72.4 Å². The molecule has 0 aromatic heterocycles. The highest BCUT2D eigenvalue weighted by molar-refractivity contribution is 6.01. The van der Waals surface area contributed by atoms with Crippen molar-refractivity contribution in [3.05, 3.63) is 101 Å². The van der Waals surface area contributed by atoms with Crippen molar-refractivity contribution < 1.29 is 14.3 Å². The molecule has 0 radical (unpaired) electrons. The van der Waals surface area contributed by atoms with Gasteiger partial charge in [0, 0.05) is 44.3 Å². The number of amides is 2. The van der Waals surface area contributed by atoms with Gasteiger partial charge in [-0.25, -0.2) is 0 Å². The minimum atomic E-state index is -0.438. The van der Waals surface area contributed by atoms with Gasteiger partial charge >= 0.3 is 0 Å². The Morgan fingerprint density at radius 3 is 2.37 bits per heavy atom. The topological polar surface area (TPSA) is 53.1 Å². The van der Waals surface area contributed by atoms with Crippen LogP contribution in [0.3, 0.4) is 0 Å². The Balaban J connectivity index is 1.27. The lowest BCUT2D eigenvalue weighted by Crippen LogP contribution is -2.54. The lowest BCUT2D eigenvalue weighted by Gasteiger charge is -2.45. The predicted octanol–water partition coefficient (Wildman–Crippen LogP) is 4.53. The molecule has 1 aliphatic carbocycles. The van der Waals surface area contributed by atoms with Crippen molar-refractivity contribution >= 4 is 11.8 Å². The van der Waals surface area contributed by atoms with Crippen LogP contribution in [0.2, 0.25) is 0 Å². The van der Waals surface area contributed by atoms with Gasteiger partial charge in [-0.1, -0.05) is 60.7 Å². The maximum Gasteiger partial charge on any atom is 0.254 e. The van der Waals surface area contributed by atoms with Crippen LogP contribution in [-0.2, 0) is 11.2 Å². The summed E-state index contributed by atoms with van der Waals surface area (Å²) in [5.41, 5.74) is 3.81. The summed E-state index contributed by atoms with van der Waals surface area (Å²) in [7, 11) is 1.65. The normalized spacial score (nSPS) is 21.8. The summed E-state index contributed by atoms with van der Waals surface area (Å²) in [4.78, 5) is 34.6. The number of benzene rings is 3. The fraction of sp³-hybridized carbons (Fsp3) is 0.375. The van der Waals surface area contributed by atoms with Crippen LogP contribution in [0.4, 0.5) is 0 Å². The molecule has 0 bridgehead atoms. The molecule has 0 N–H and O–H groups in total. The molecule has 2 aliphatic heterocycles. The number of ether oxygens (including phenoxy) is 1. The first kappa shape index (κ1) is 24.7. The number of methoxy groups -OCH3 is 1. The van der Waals surface area contributed by atoms with Crippen LogP contribution in [0.1, 0.15) is 51.8 Å². The Morgan fingerprint density at radius 2 is 1.63 bits per heavy atom. The van der Waals surface area contributed by atoms with E-state index >= 15 is 0 Å². The molecule has 38 heavy (non-hydrogen) atoms. The first-order chi connectivity index (χ1) is 18.6. The second-order valence-electron chi connectivity index (χ2n) is 10.6. The summed E-state index contributed by atoms with van der Waals surface area (Å²) in [6, 6.07) is 26.0. The molecule has 2 heterocycles. The molecule has 6 rings (SSSR count). The summed E-state index contributed by atoms with van der Waals surface area (Å²) in [6.07, 6.45) is 2.98. The third-order valence-electron chi connectivity index (χ3n) is 8.26. The molecule has 0 spiro atoms. The van der Waals surface area contributed by atoms with Gasteiger partial charge < -0.3 is 14.5 Å². The summed E-state index contributed by atoms with van der Waals surface area (Å²) < 4.78 is 5.53. The molecule has 2 amide bonds. The summed E-state index contributed by atoms with van der Waals surface area (Å²) >= 11 is 0. The Labute approximate surface area is 224 Å². The van der Waals surface area contributed by atoms with Crippen molar-refractivity contribution in [2.75, 3.05) is 39.8 Å². The van der Waals surface area contributed by atoms with Gasteiger partial charge in [-0.2, -0.15) is 0 Å². The Morgan fingerprint density at radius 1 is 0.895 bits per heavy atom. The van der Waals surface area contributed by atoms with Gasteiger partial charge in [-0.05, 0) is 54.2 Å². The zero-order valence-corrected chi connectivity index (χ0v) is 22.0. The lowest BCUT2D eigenvalue weighted by molar-refractivity contribution is -0.136. The maximum atomic E-state index is 14.4. The summed E-state index contributed by atoms with van der Waals surface area (Å²) in [5, 5.41) is 0. The number of nitrogens with zero attached hydrogens (tertiary/aromatic N) is 3. The minimum Gasteiger partial charge on any atom is -0.497 e. The maximum absolute atomic E-state index is 14.4. The van der Waals surface area contributed by atoms with E-state index in [0.717, 1.165) is 55.8 Å². The van der Waals surface area contributed by atoms with Gasteiger partial charge in [-0.15, -0.1) is 0 Å². The third kappa shape index (κ3) is 4.81. The molecule has 1 saturated carbocycles. The fourth-order valence-electron chi connectivity index (χ4n) is 6.07. The minimum absolute atomic E-state index is 0.0331. The molecular weight excluding hydrogens is 474 g/mol. The van der Waals surface area contributed by atoms with E-state index in [0.29, 0.717) is 18.7 Å². The quantitative estimate of drug-likeness (QED) is 0.470. The number of carbonyl (C=O) groups is 2. The predicted molar refractivity (Wildman–Crippen MR) is 147 cm³/mol. The summed E-state index contributed by atoms with van der Waals surface area (Å²) in [5.74, 6) is 0.451. The Hall–Kier alpha value is -3.64. The van der Waals surface area contributed by atoms with E-state index in [4.69, 9.17) is 4.74 Å². The highest BCUT2D eigenvalue weighted by atomic mass is 16.5. The Kier molecular flexibility index (Phi) is 6.90.